The van der Waals surface area contributed by atoms with Gasteiger partial charge in [-0.15, -0.1) is 0 Å². The zero-order valence-electron chi connectivity index (χ0n) is 13.5. The second kappa shape index (κ2) is 6.14. The van der Waals surface area contributed by atoms with Crippen LogP contribution in [0.3, 0.4) is 0 Å². The van der Waals surface area contributed by atoms with Crippen LogP contribution in [0.25, 0.3) is 0 Å². The Kier molecular flexibility index (Phi) is 3.83. The molecule has 0 atom stereocenters. The summed E-state index contributed by atoms with van der Waals surface area (Å²) in [5.74, 6) is 0. The number of hydrogen-bond donors (Lipinski definition) is 2. The van der Waals surface area contributed by atoms with Crippen LogP contribution >= 0.6 is 0 Å². The molecule has 0 aromatic heterocycles. The molecule has 3 aromatic rings. The molecule has 0 bridgehead atoms. The van der Waals surface area contributed by atoms with Crippen LogP contribution in [0.4, 0.5) is 5.69 Å². The van der Waals surface area contributed by atoms with E-state index in [1.807, 2.05) is 24.3 Å². The van der Waals surface area contributed by atoms with Crippen LogP contribution in [-0.4, -0.2) is 5.11 Å². The van der Waals surface area contributed by atoms with E-state index in [1.165, 1.54) is 11.1 Å². The highest BCUT2D eigenvalue weighted by Crippen LogP contribution is 2.45. The molecule has 0 heterocycles. The van der Waals surface area contributed by atoms with Crippen LogP contribution in [0, 0.1) is 0 Å². The Balaban J connectivity index is 1.68. The first-order valence-corrected chi connectivity index (χ1v) is 8.44. The molecule has 0 radical (unpaired) electrons. The first-order valence-electron chi connectivity index (χ1n) is 8.44. The Bertz CT molecular complexity index is 770. The lowest BCUT2D eigenvalue weighted by Crippen LogP contribution is -2.13. The van der Waals surface area contributed by atoms with E-state index < -0.39 is 5.60 Å². The van der Waals surface area contributed by atoms with Crippen molar-refractivity contribution in [3.05, 3.63) is 102 Å². The van der Waals surface area contributed by atoms with Crippen molar-refractivity contribution in [2.24, 2.45) is 0 Å². The zero-order chi connectivity index (χ0) is 16.4. The molecule has 0 aliphatic heterocycles. The van der Waals surface area contributed by atoms with Crippen LogP contribution < -0.4 is 5.32 Å². The highest BCUT2D eigenvalue weighted by molar-refractivity contribution is 5.52. The number of anilines is 1. The quantitative estimate of drug-likeness (QED) is 0.704. The molecule has 120 valence electrons. The Morgan fingerprint density at radius 3 is 1.88 bits per heavy atom. The van der Waals surface area contributed by atoms with E-state index in [9.17, 15) is 5.11 Å². The first kappa shape index (κ1) is 15.0. The maximum absolute atomic E-state index is 10.4. The van der Waals surface area contributed by atoms with Gasteiger partial charge in [0.15, 0.2) is 0 Å². The molecule has 4 rings (SSSR count). The molecule has 1 fully saturated rings. The van der Waals surface area contributed by atoms with Crippen LogP contribution in [0.15, 0.2) is 84.9 Å². The zero-order valence-corrected chi connectivity index (χ0v) is 13.5. The van der Waals surface area contributed by atoms with Gasteiger partial charge in [-0.2, -0.15) is 0 Å². The summed E-state index contributed by atoms with van der Waals surface area (Å²) in [5, 5.41) is 14.0. The third kappa shape index (κ3) is 3.06. The summed E-state index contributed by atoms with van der Waals surface area (Å²) in [6, 6.07) is 29.1. The summed E-state index contributed by atoms with van der Waals surface area (Å²) in [5.41, 5.74) is 3.88. The van der Waals surface area contributed by atoms with Gasteiger partial charge in [0.2, 0.25) is 0 Å². The SMILES string of the molecule is OC1(c2cccc(NC(c3ccccc3)c3ccccc3)c2)CC1. The summed E-state index contributed by atoms with van der Waals surface area (Å²) >= 11 is 0. The fourth-order valence-electron chi connectivity index (χ4n) is 3.12. The van der Waals surface area contributed by atoms with Gasteiger partial charge < -0.3 is 10.4 Å². The van der Waals surface area contributed by atoms with Crippen molar-refractivity contribution in [1.82, 2.24) is 0 Å². The summed E-state index contributed by atoms with van der Waals surface area (Å²) in [6.45, 7) is 0. The number of benzene rings is 3. The largest absolute Gasteiger partial charge is 0.385 e. The topological polar surface area (TPSA) is 32.3 Å². The van der Waals surface area contributed by atoms with Gasteiger partial charge >= 0.3 is 0 Å². The minimum absolute atomic E-state index is 0.0801. The molecule has 1 saturated carbocycles. The lowest BCUT2D eigenvalue weighted by molar-refractivity contribution is 0.151. The van der Waals surface area contributed by atoms with Crippen molar-refractivity contribution in [2.75, 3.05) is 5.32 Å². The lowest BCUT2D eigenvalue weighted by Gasteiger charge is -2.22. The van der Waals surface area contributed by atoms with Gasteiger partial charge in [0.1, 0.15) is 0 Å². The molecule has 0 spiro atoms. The predicted molar refractivity (Wildman–Crippen MR) is 97.9 cm³/mol. The molecule has 1 aliphatic rings. The number of hydrogen-bond acceptors (Lipinski definition) is 2. The summed E-state index contributed by atoms with van der Waals surface area (Å²) in [6.07, 6.45) is 1.72. The highest BCUT2D eigenvalue weighted by atomic mass is 16.3. The molecule has 2 heteroatoms. The summed E-state index contributed by atoms with van der Waals surface area (Å²) in [7, 11) is 0. The second-order valence-corrected chi connectivity index (χ2v) is 6.51. The van der Waals surface area contributed by atoms with Gasteiger partial charge in [0.25, 0.3) is 0 Å². The molecule has 24 heavy (non-hydrogen) atoms. The molecule has 2 nitrogen and oxygen atoms in total. The van der Waals surface area contributed by atoms with Gasteiger partial charge in [-0.25, -0.2) is 0 Å². The third-order valence-electron chi connectivity index (χ3n) is 4.70. The third-order valence-corrected chi connectivity index (χ3v) is 4.70. The van der Waals surface area contributed by atoms with Crippen LogP contribution in [0.5, 0.6) is 0 Å². The van der Waals surface area contributed by atoms with Crippen molar-refractivity contribution in [2.45, 2.75) is 24.5 Å². The van der Waals surface area contributed by atoms with Gasteiger partial charge in [-0.1, -0.05) is 72.8 Å². The maximum atomic E-state index is 10.4. The lowest BCUT2D eigenvalue weighted by atomic mass is 9.98. The highest BCUT2D eigenvalue weighted by Gasteiger charge is 2.42. The normalized spacial score (nSPS) is 15.2. The van der Waals surface area contributed by atoms with E-state index in [0.717, 1.165) is 24.1 Å². The Morgan fingerprint density at radius 2 is 1.33 bits per heavy atom. The Morgan fingerprint density at radius 1 is 0.750 bits per heavy atom. The second-order valence-electron chi connectivity index (χ2n) is 6.51. The van der Waals surface area contributed by atoms with Crippen molar-refractivity contribution < 1.29 is 5.11 Å². The van der Waals surface area contributed by atoms with Crippen LogP contribution in [0.1, 0.15) is 35.6 Å². The number of nitrogens with one attached hydrogen (secondary N) is 1. The van der Waals surface area contributed by atoms with E-state index in [0.29, 0.717) is 0 Å². The molecular formula is C22H21NO. The van der Waals surface area contributed by atoms with E-state index in [4.69, 9.17) is 0 Å². The summed E-state index contributed by atoms with van der Waals surface area (Å²) < 4.78 is 0. The molecule has 1 aliphatic carbocycles. The predicted octanol–water partition coefficient (Wildman–Crippen LogP) is 4.87. The first-order chi connectivity index (χ1) is 11.7. The van der Waals surface area contributed by atoms with Crippen molar-refractivity contribution in [1.29, 1.82) is 0 Å². The van der Waals surface area contributed by atoms with Crippen LogP contribution in [-0.2, 0) is 5.60 Å². The summed E-state index contributed by atoms with van der Waals surface area (Å²) in [4.78, 5) is 0. The van der Waals surface area contributed by atoms with Crippen molar-refractivity contribution in [3.63, 3.8) is 0 Å². The average Bonchev–Trinajstić information content (AvgIpc) is 3.40. The van der Waals surface area contributed by atoms with E-state index in [2.05, 4.69) is 66.0 Å². The number of rotatable bonds is 5. The average molecular weight is 315 g/mol. The molecule has 0 saturated heterocycles. The van der Waals surface area contributed by atoms with Crippen LogP contribution in [0.2, 0.25) is 0 Å². The maximum Gasteiger partial charge on any atom is 0.0899 e. The Hall–Kier alpha value is -2.58. The fraction of sp³-hybridized carbons (Fsp3) is 0.182. The van der Waals surface area contributed by atoms with E-state index >= 15 is 0 Å². The van der Waals surface area contributed by atoms with Gasteiger partial charge in [0, 0.05) is 5.69 Å². The van der Waals surface area contributed by atoms with Gasteiger partial charge in [-0.05, 0) is 41.7 Å². The van der Waals surface area contributed by atoms with Gasteiger partial charge in [-0.3, -0.25) is 0 Å². The minimum Gasteiger partial charge on any atom is -0.385 e. The smallest absolute Gasteiger partial charge is 0.0899 e. The van der Waals surface area contributed by atoms with E-state index in [-0.39, 0.29) is 6.04 Å². The monoisotopic (exact) mass is 315 g/mol. The standard InChI is InChI=1S/C22H21NO/c24-22(14-15-22)19-12-7-13-20(16-19)23-21(17-8-3-1-4-9-17)18-10-5-2-6-11-18/h1-13,16,21,23-24H,14-15H2. The minimum atomic E-state index is -0.604. The molecule has 3 aromatic carbocycles. The Labute approximate surface area is 142 Å². The molecule has 0 amide bonds. The molecular weight excluding hydrogens is 294 g/mol. The van der Waals surface area contributed by atoms with Crippen molar-refractivity contribution >= 4 is 5.69 Å². The fourth-order valence-corrected chi connectivity index (χ4v) is 3.12. The van der Waals surface area contributed by atoms with E-state index in [1.54, 1.807) is 0 Å². The number of aliphatic hydroxyl groups is 1. The molecule has 2 N–H and O–H groups in total. The molecule has 0 unspecified atom stereocenters. The van der Waals surface area contributed by atoms with Gasteiger partial charge in [0.05, 0.1) is 11.6 Å². The van der Waals surface area contributed by atoms with Crippen molar-refractivity contribution in [3.8, 4) is 0 Å².